The van der Waals surface area contributed by atoms with E-state index in [0.29, 0.717) is 0 Å². The van der Waals surface area contributed by atoms with Gasteiger partial charge in [-0.05, 0) is 94.3 Å². The van der Waals surface area contributed by atoms with Crippen LogP contribution in [-0.4, -0.2) is 19.1 Å². The normalized spacial score (nSPS) is 12.2. The summed E-state index contributed by atoms with van der Waals surface area (Å²) >= 11 is 1.82. The van der Waals surface area contributed by atoms with Gasteiger partial charge in [0, 0.05) is 58.4 Å². The second-order valence-corrected chi connectivity index (χ2v) is 16.1. The third kappa shape index (κ3) is 4.49. The number of hydrogen-bond donors (Lipinski definition) is 0. The maximum atomic E-state index is 5.46. The van der Waals surface area contributed by atoms with Gasteiger partial charge in [-0.25, -0.2) is 9.97 Å². The standard InChI is InChI=1S/C52H30N4S/c1-2-12-32-28-47-42(26-31(32)11-1)37-13-4-8-18-45(37)55(47)36-23-21-33-27-43-38-14-5-9-19-46(38)56(48(43)29-35(33)25-36)52-41-16-3-7-17-44(41)53-51(54-52)34-22-24-40-39-15-6-10-20-49(39)57-50(40)30-34/h1-30H. The van der Waals surface area contributed by atoms with Gasteiger partial charge < -0.3 is 4.57 Å². The van der Waals surface area contributed by atoms with Crippen LogP contribution in [0.2, 0.25) is 0 Å². The van der Waals surface area contributed by atoms with Crippen molar-refractivity contribution in [1.82, 2.24) is 19.1 Å². The Morgan fingerprint density at radius 1 is 0.351 bits per heavy atom. The molecular weight excluding hydrogens is 713 g/mol. The first-order valence-corrected chi connectivity index (χ1v) is 20.1. The molecule has 9 aromatic carbocycles. The number of aromatic nitrogens is 4. The van der Waals surface area contributed by atoms with E-state index < -0.39 is 0 Å². The van der Waals surface area contributed by atoms with Crippen molar-refractivity contribution < 1.29 is 0 Å². The van der Waals surface area contributed by atoms with Crippen molar-refractivity contribution >= 4 is 108 Å². The summed E-state index contributed by atoms with van der Waals surface area (Å²) < 4.78 is 7.31. The van der Waals surface area contributed by atoms with Crippen molar-refractivity contribution in [3.05, 3.63) is 182 Å². The van der Waals surface area contributed by atoms with Gasteiger partial charge in [0.1, 0.15) is 5.82 Å². The van der Waals surface area contributed by atoms with E-state index in [2.05, 4.69) is 191 Å². The minimum absolute atomic E-state index is 0.718. The van der Waals surface area contributed by atoms with Gasteiger partial charge in [0.2, 0.25) is 0 Å². The van der Waals surface area contributed by atoms with E-state index in [1.54, 1.807) is 0 Å². The van der Waals surface area contributed by atoms with Crippen molar-refractivity contribution in [2.24, 2.45) is 0 Å². The zero-order valence-corrected chi connectivity index (χ0v) is 31.3. The number of fused-ring (bicyclic) bond motifs is 12. The summed E-state index contributed by atoms with van der Waals surface area (Å²) in [4.78, 5) is 10.6. The fourth-order valence-corrected chi connectivity index (χ4v) is 10.4. The van der Waals surface area contributed by atoms with Crippen LogP contribution < -0.4 is 0 Å². The van der Waals surface area contributed by atoms with Crippen LogP contribution in [0.4, 0.5) is 0 Å². The zero-order chi connectivity index (χ0) is 37.2. The van der Waals surface area contributed by atoms with Crippen molar-refractivity contribution in [3.63, 3.8) is 0 Å². The Balaban J connectivity index is 1.06. The van der Waals surface area contributed by atoms with E-state index in [-0.39, 0.29) is 0 Å². The summed E-state index contributed by atoms with van der Waals surface area (Å²) in [5.41, 5.74) is 7.70. The molecule has 0 N–H and O–H groups in total. The molecule has 5 heteroatoms. The van der Waals surface area contributed by atoms with Gasteiger partial charge in [-0.15, -0.1) is 11.3 Å². The van der Waals surface area contributed by atoms with Gasteiger partial charge in [-0.3, -0.25) is 4.57 Å². The Hall–Kier alpha value is -7.34. The highest BCUT2D eigenvalue weighted by Crippen LogP contribution is 2.40. The Labute approximate surface area is 330 Å². The van der Waals surface area contributed by atoms with Gasteiger partial charge >= 0.3 is 0 Å². The number of nitrogens with zero attached hydrogens (tertiary/aromatic N) is 4. The molecule has 0 aliphatic carbocycles. The second-order valence-electron chi connectivity index (χ2n) is 15.0. The highest BCUT2D eigenvalue weighted by Gasteiger charge is 2.20. The van der Waals surface area contributed by atoms with Gasteiger partial charge in [0.05, 0.1) is 27.6 Å². The lowest BCUT2D eigenvalue weighted by molar-refractivity contribution is 1.08. The van der Waals surface area contributed by atoms with E-state index in [9.17, 15) is 0 Å². The van der Waals surface area contributed by atoms with Crippen molar-refractivity contribution in [3.8, 4) is 22.9 Å². The summed E-state index contributed by atoms with van der Waals surface area (Å²) in [6.45, 7) is 0. The van der Waals surface area contributed by atoms with Gasteiger partial charge in [-0.1, -0.05) is 109 Å². The molecular formula is C52H30N4S. The average Bonchev–Trinajstić information content (AvgIpc) is 3.91. The highest BCUT2D eigenvalue weighted by atomic mass is 32.1. The first-order chi connectivity index (χ1) is 28.2. The molecule has 4 nitrogen and oxygen atoms in total. The highest BCUT2D eigenvalue weighted by molar-refractivity contribution is 7.25. The number of thiophene rings is 1. The number of hydrogen-bond acceptors (Lipinski definition) is 3. The lowest BCUT2D eigenvalue weighted by Gasteiger charge is -2.13. The smallest absolute Gasteiger partial charge is 0.162 e. The Kier molecular flexibility index (Phi) is 6.29. The molecule has 57 heavy (non-hydrogen) atoms. The largest absolute Gasteiger partial charge is 0.309 e. The van der Waals surface area contributed by atoms with Crippen LogP contribution in [0, 0.1) is 0 Å². The summed E-state index contributed by atoms with van der Waals surface area (Å²) in [7, 11) is 0. The molecule has 0 saturated carbocycles. The number of rotatable bonds is 3. The van der Waals surface area contributed by atoms with E-state index >= 15 is 0 Å². The predicted molar refractivity (Wildman–Crippen MR) is 242 cm³/mol. The van der Waals surface area contributed by atoms with Crippen molar-refractivity contribution in [1.29, 1.82) is 0 Å². The van der Waals surface area contributed by atoms with E-state index in [4.69, 9.17) is 9.97 Å². The van der Waals surface area contributed by atoms with Crippen molar-refractivity contribution in [2.75, 3.05) is 0 Å². The van der Waals surface area contributed by atoms with Crippen LogP contribution in [0.5, 0.6) is 0 Å². The Morgan fingerprint density at radius 3 is 1.75 bits per heavy atom. The van der Waals surface area contributed by atoms with Crippen molar-refractivity contribution in [2.45, 2.75) is 0 Å². The summed E-state index contributed by atoms with van der Waals surface area (Å²) in [5, 5.41) is 13.3. The first kappa shape index (κ1) is 30.9. The molecule has 0 bridgehead atoms. The lowest BCUT2D eigenvalue weighted by atomic mass is 10.0. The molecule has 4 heterocycles. The Morgan fingerprint density at radius 2 is 0.947 bits per heavy atom. The number of para-hydroxylation sites is 3. The molecule has 4 aromatic heterocycles. The quantitative estimate of drug-likeness (QED) is 0.181. The van der Waals surface area contributed by atoms with E-state index in [0.717, 1.165) is 44.8 Å². The molecule has 13 aromatic rings. The monoisotopic (exact) mass is 742 g/mol. The van der Waals surface area contributed by atoms with Crippen LogP contribution in [0.25, 0.3) is 119 Å². The molecule has 264 valence electrons. The molecule has 13 rings (SSSR count). The molecule has 0 saturated heterocycles. The van der Waals surface area contributed by atoms with Crippen LogP contribution in [-0.2, 0) is 0 Å². The molecule has 0 unspecified atom stereocenters. The maximum absolute atomic E-state index is 5.46. The van der Waals surface area contributed by atoms with Crippen LogP contribution in [0.15, 0.2) is 182 Å². The third-order valence-corrected chi connectivity index (χ3v) is 13.0. The van der Waals surface area contributed by atoms with Crippen LogP contribution >= 0.6 is 11.3 Å². The predicted octanol–water partition coefficient (Wildman–Crippen LogP) is 14.2. The molecule has 0 fully saturated rings. The van der Waals surface area contributed by atoms with E-state index in [1.165, 1.54) is 74.3 Å². The van der Waals surface area contributed by atoms with Crippen LogP contribution in [0.3, 0.4) is 0 Å². The maximum Gasteiger partial charge on any atom is 0.162 e. The second kappa shape index (κ2) is 11.6. The molecule has 0 atom stereocenters. The molecule has 0 aliphatic rings. The topological polar surface area (TPSA) is 35.6 Å². The summed E-state index contributed by atoms with van der Waals surface area (Å²) in [6.07, 6.45) is 0. The van der Waals surface area contributed by atoms with Gasteiger partial charge in [-0.2, -0.15) is 0 Å². The molecule has 0 amide bonds. The van der Waals surface area contributed by atoms with E-state index in [1.807, 2.05) is 11.3 Å². The molecule has 0 radical (unpaired) electrons. The third-order valence-electron chi connectivity index (χ3n) is 11.8. The SMILES string of the molecule is c1ccc2cc3c(cc2c1)c1ccccc1n3-c1ccc2cc3c4ccccc4n(-c4nc(-c5ccc6c(c5)sc5ccccc56)nc5ccccc45)c3cc2c1. The fraction of sp³-hybridized carbons (Fsp3) is 0. The number of benzene rings is 9. The first-order valence-electron chi connectivity index (χ1n) is 19.3. The summed E-state index contributed by atoms with van der Waals surface area (Å²) in [6, 6.07) is 66.1. The fourth-order valence-electron chi connectivity index (χ4n) is 9.22. The molecule has 0 aliphatic heterocycles. The minimum Gasteiger partial charge on any atom is -0.309 e. The zero-order valence-electron chi connectivity index (χ0n) is 30.5. The Bertz CT molecular complexity index is 3830. The molecule has 0 spiro atoms. The summed E-state index contributed by atoms with van der Waals surface area (Å²) in [5.74, 6) is 1.60. The minimum atomic E-state index is 0.718. The van der Waals surface area contributed by atoms with Gasteiger partial charge in [0.15, 0.2) is 5.82 Å². The lowest BCUT2D eigenvalue weighted by Crippen LogP contribution is -2.02. The van der Waals surface area contributed by atoms with Crippen LogP contribution in [0.1, 0.15) is 0 Å². The van der Waals surface area contributed by atoms with Gasteiger partial charge in [0.25, 0.3) is 0 Å². The average molecular weight is 743 g/mol.